The van der Waals surface area contributed by atoms with Crippen LogP contribution in [0, 0.1) is 0 Å². The van der Waals surface area contributed by atoms with Crippen LogP contribution >= 0.6 is 11.3 Å². The van der Waals surface area contributed by atoms with E-state index in [0.29, 0.717) is 0 Å². The minimum absolute atomic E-state index is 0.820. The highest BCUT2D eigenvalue weighted by atomic mass is 32.1. The molecule has 102 valence electrons. The molecule has 1 aromatic rings. The van der Waals surface area contributed by atoms with Crippen LogP contribution in [0.15, 0.2) is 5.38 Å². The number of nitrogens with zero attached hydrogens (tertiary/aromatic N) is 3. The SMILES string of the molecule is CCCN(CCC)c1nc(N2CCOCC2)cs1. The molecular formula is C13H23N3OS. The maximum absolute atomic E-state index is 5.38. The van der Waals surface area contributed by atoms with Crippen LogP contribution in [0.5, 0.6) is 0 Å². The van der Waals surface area contributed by atoms with Crippen molar-refractivity contribution < 1.29 is 4.74 Å². The predicted molar refractivity (Wildman–Crippen MR) is 77.9 cm³/mol. The first-order valence-corrected chi connectivity index (χ1v) is 7.76. The minimum atomic E-state index is 0.820. The molecule has 2 rings (SSSR count). The van der Waals surface area contributed by atoms with Gasteiger partial charge in [-0.05, 0) is 12.8 Å². The normalized spacial score (nSPS) is 16.0. The number of thiazole rings is 1. The number of hydrogen-bond acceptors (Lipinski definition) is 5. The Bertz CT molecular complexity index is 344. The molecule has 18 heavy (non-hydrogen) atoms. The summed E-state index contributed by atoms with van der Waals surface area (Å²) in [7, 11) is 0. The number of ether oxygens (including phenoxy) is 1. The summed E-state index contributed by atoms with van der Waals surface area (Å²) in [5, 5.41) is 3.35. The Morgan fingerprint density at radius 3 is 2.56 bits per heavy atom. The van der Waals surface area contributed by atoms with Crippen molar-refractivity contribution in [3.05, 3.63) is 5.38 Å². The zero-order valence-corrected chi connectivity index (χ0v) is 12.2. The van der Waals surface area contributed by atoms with E-state index in [-0.39, 0.29) is 0 Å². The van der Waals surface area contributed by atoms with Crippen LogP contribution in [0.25, 0.3) is 0 Å². The molecule has 1 saturated heterocycles. The van der Waals surface area contributed by atoms with E-state index in [4.69, 9.17) is 9.72 Å². The monoisotopic (exact) mass is 269 g/mol. The number of anilines is 2. The van der Waals surface area contributed by atoms with Gasteiger partial charge in [-0.25, -0.2) is 4.98 Å². The summed E-state index contributed by atoms with van der Waals surface area (Å²) in [6.45, 7) is 10.2. The van der Waals surface area contributed by atoms with Crippen LogP contribution in [0.4, 0.5) is 10.9 Å². The van der Waals surface area contributed by atoms with Crippen LogP contribution in [0.2, 0.25) is 0 Å². The molecule has 1 aromatic heterocycles. The molecule has 1 aliphatic heterocycles. The van der Waals surface area contributed by atoms with Crippen molar-refractivity contribution in [2.45, 2.75) is 26.7 Å². The molecular weight excluding hydrogens is 246 g/mol. The van der Waals surface area contributed by atoms with Gasteiger partial charge in [0, 0.05) is 31.6 Å². The molecule has 1 fully saturated rings. The van der Waals surface area contributed by atoms with E-state index in [9.17, 15) is 0 Å². The maximum Gasteiger partial charge on any atom is 0.187 e. The van der Waals surface area contributed by atoms with Gasteiger partial charge in [0.15, 0.2) is 5.13 Å². The number of rotatable bonds is 6. The summed E-state index contributed by atoms with van der Waals surface area (Å²) in [5.74, 6) is 1.12. The molecule has 0 unspecified atom stereocenters. The molecule has 0 bridgehead atoms. The lowest BCUT2D eigenvalue weighted by atomic mass is 10.4. The van der Waals surface area contributed by atoms with Crippen LogP contribution in [-0.4, -0.2) is 44.4 Å². The largest absolute Gasteiger partial charge is 0.378 e. The summed E-state index contributed by atoms with van der Waals surface area (Å²) < 4.78 is 5.38. The maximum atomic E-state index is 5.38. The third-order valence-electron chi connectivity index (χ3n) is 3.07. The molecule has 5 heteroatoms. The van der Waals surface area contributed by atoms with Gasteiger partial charge in [0.25, 0.3) is 0 Å². The summed E-state index contributed by atoms with van der Waals surface area (Å²) in [5.41, 5.74) is 0. The first-order chi connectivity index (χ1) is 8.85. The fourth-order valence-electron chi connectivity index (χ4n) is 2.18. The van der Waals surface area contributed by atoms with E-state index in [0.717, 1.165) is 45.2 Å². The van der Waals surface area contributed by atoms with Gasteiger partial charge in [-0.3, -0.25) is 0 Å². The van der Waals surface area contributed by atoms with Crippen molar-refractivity contribution in [2.75, 3.05) is 49.2 Å². The highest BCUT2D eigenvalue weighted by Crippen LogP contribution is 2.26. The molecule has 4 nitrogen and oxygen atoms in total. The van der Waals surface area contributed by atoms with E-state index < -0.39 is 0 Å². The lowest BCUT2D eigenvalue weighted by Gasteiger charge is -2.26. The van der Waals surface area contributed by atoms with E-state index >= 15 is 0 Å². The summed E-state index contributed by atoms with van der Waals surface area (Å²) >= 11 is 1.76. The van der Waals surface area contributed by atoms with Crippen LogP contribution < -0.4 is 9.80 Å². The molecule has 1 aliphatic rings. The standard InChI is InChI=1S/C13H23N3OS/c1-3-5-16(6-4-2)13-14-12(11-18-13)15-7-9-17-10-8-15/h11H,3-10H2,1-2H3. The van der Waals surface area contributed by atoms with Gasteiger partial charge in [-0.2, -0.15) is 0 Å². The summed E-state index contributed by atoms with van der Waals surface area (Å²) in [6.07, 6.45) is 2.35. The van der Waals surface area contributed by atoms with Crippen molar-refractivity contribution in [1.29, 1.82) is 0 Å². The third kappa shape index (κ3) is 3.36. The Balaban J connectivity index is 2.02. The average molecular weight is 269 g/mol. The summed E-state index contributed by atoms with van der Waals surface area (Å²) in [6, 6.07) is 0. The van der Waals surface area contributed by atoms with Gasteiger partial charge in [0.2, 0.25) is 0 Å². The zero-order valence-electron chi connectivity index (χ0n) is 11.4. The highest BCUT2D eigenvalue weighted by Gasteiger charge is 2.16. The van der Waals surface area contributed by atoms with Gasteiger partial charge < -0.3 is 14.5 Å². The molecule has 0 atom stereocenters. The van der Waals surface area contributed by atoms with E-state index in [2.05, 4.69) is 29.0 Å². The second-order valence-electron chi connectivity index (χ2n) is 4.57. The fourth-order valence-corrected chi connectivity index (χ4v) is 3.07. The lowest BCUT2D eigenvalue weighted by molar-refractivity contribution is 0.122. The Morgan fingerprint density at radius 1 is 1.28 bits per heavy atom. The lowest BCUT2D eigenvalue weighted by Crippen LogP contribution is -2.36. The average Bonchev–Trinajstić information content (AvgIpc) is 2.89. The van der Waals surface area contributed by atoms with Gasteiger partial charge in [0.1, 0.15) is 5.82 Å². The van der Waals surface area contributed by atoms with Crippen molar-refractivity contribution >= 4 is 22.3 Å². The second-order valence-corrected chi connectivity index (χ2v) is 5.41. The van der Waals surface area contributed by atoms with Gasteiger partial charge in [-0.15, -0.1) is 11.3 Å². The molecule has 0 amide bonds. The summed E-state index contributed by atoms with van der Waals surface area (Å²) in [4.78, 5) is 9.50. The van der Waals surface area contributed by atoms with E-state index in [1.807, 2.05) is 0 Å². The zero-order chi connectivity index (χ0) is 12.8. The van der Waals surface area contributed by atoms with Crippen molar-refractivity contribution in [2.24, 2.45) is 0 Å². The van der Waals surface area contributed by atoms with E-state index in [1.54, 1.807) is 11.3 Å². The van der Waals surface area contributed by atoms with Gasteiger partial charge in [-0.1, -0.05) is 13.8 Å². The molecule has 0 saturated carbocycles. The fraction of sp³-hybridized carbons (Fsp3) is 0.769. The quantitative estimate of drug-likeness (QED) is 0.793. The molecule has 2 heterocycles. The molecule has 0 aromatic carbocycles. The Kier molecular flexibility index (Phi) is 5.26. The predicted octanol–water partition coefficient (Wildman–Crippen LogP) is 2.61. The number of aromatic nitrogens is 1. The van der Waals surface area contributed by atoms with Crippen LogP contribution in [0.3, 0.4) is 0 Å². The van der Waals surface area contributed by atoms with Gasteiger partial charge >= 0.3 is 0 Å². The van der Waals surface area contributed by atoms with E-state index in [1.165, 1.54) is 18.0 Å². The Hall–Kier alpha value is -0.810. The first-order valence-electron chi connectivity index (χ1n) is 6.88. The van der Waals surface area contributed by atoms with Crippen LogP contribution in [0.1, 0.15) is 26.7 Å². The minimum Gasteiger partial charge on any atom is -0.378 e. The molecule has 0 radical (unpaired) electrons. The smallest absolute Gasteiger partial charge is 0.187 e. The Morgan fingerprint density at radius 2 is 1.94 bits per heavy atom. The Labute approximate surface area is 114 Å². The number of hydrogen-bond donors (Lipinski definition) is 0. The van der Waals surface area contributed by atoms with Crippen molar-refractivity contribution in [1.82, 2.24) is 4.98 Å². The van der Waals surface area contributed by atoms with Gasteiger partial charge in [0.05, 0.1) is 13.2 Å². The molecule has 0 spiro atoms. The topological polar surface area (TPSA) is 28.6 Å². The molecule has 0 N–H and O–H groups in total. The van der Waals surface area contributed by atoms with Crippen molar-refractivity contribution in [3.8, 4) is 0 Å². The third-order valence-corrected chi connectivity index (χ3v) is 3.96. The number of morpholine rings is 1. The highest BCUT2D eigenvalue weighted by molar-refractivity contribution is 7.14. The second kappa shape index (κ2) is 6.95. The first kappa shape index (κ1) is 13.6. The van der Waals surface area contributed by atoms with Crippen LogP contribution in [-0.2, 0) is 4.74 Å². The van der Waals surface area contributed by atoms with Crippen molar-refractivity contribution in [3.63, 3.8) is 0 Å². The molecule has 0 aliphatic carbocycles.